The molecule has 3 N–H and O–H groups in total. The fourth-order valence-corrected chi connectivity index (χ4v) is 2.17. The lowest BCUT2D eigenvalue weighted by atomic mass is 10.2. The van der Waals surface area contributed by atoms with Crippen molar-refractivity contribution in [1.82, 2.24) is 5.32 Å². The van der Waals surface area contributed by atoms with Crippen LogP contribution in [0.5, 0.6) is 0 Å². The standard InChI is InChI=1S/C14H18BrFN2O3/c1-3-8(4-2)18-13(19)7-21-14(20)9-5-12(17)11(16)6-10(9)15/h5-6,8H,3-4,7,17H2,1-2H3,(H,18,19). The first kappa shape index (κ1) is 17.4. The van der Waals surface area contributed by atoms with Crippen molar-refractivity contribution in [2.75, 3.05) is 12.3 Å². The van der Waals surface area contributed by atoms with Gasteiger partial charge in [-0.25, -0.2) is 9.18 Å². The topological polar surface area (TPSA) is 81.4 Å². The van der Waals surface area contributed by atoms with Crippen LogP contribution in [0.15, 0.2) is 16.6 Å². The molecule has 0 fully saturated rings. The van der Waals surface area contributed by atoms with Crippen LogP contribution >= 0.6 is 15.9 Å². The molecule has 5 nitrogen and oxygen atoms in total. The van der Waals surface area contributed by atoms with E-state index in [1.165, 1.54) is 6.07 Å². The average Bonchev–Trinajstić information content (AvgIpc) is 2.46. The minimum Gasteiger partial charge on any atom is -0.452 e. The van der Waals surface area contributed by atoms with Gasteiger partial charge in [-0.15, -0.1) is 0 Å². The van der Waals surface area contributed by atoms with Gasteiger partial charge in [-0.2, -0.15) is 0 Å². The monoisotopic (exact) mass is 360 g/mol. The van der Waals surface area contributed by atoms with E-state index in [2.05, 4.69) is 21.2 Å². The van der Waals surface area contributed by atoms with Crippen LogP contribution in [0.4, 0.5) is 10.1 Å². The highest BCUT2D eigenvalue weighted by molar-refractivity contribution is 9.10. The number of nitrogen functional groups attached to an aromatic ring is 1. The number of esters is 1. The van der Waals surface area contributed by atoms with Crippen molar-refractivity contribution >= 4 is 33.5 Å². The molecule has 0 aromatic heterocycles. The van der Waals surface area contributed by atoms with E-state index in [9.17, 15) is 14.0 Å². The lowest BCUT2D eigenvalue weighted by Crippen LogP contribution is -2.36. The zero-order chi connectivity index (χ0) is 16.0. The second kappa shape index (κ2) is 7.97. The highest BCUT2D eigenvalue weighted by Gasteiger charge is 2.17. The van der Waals surface area contributed by atoms with E-state index in [0.29, 0.717) is 0 Å². The summed E-state index contributed by atoms with van der Waals surface area (Å²) >= 11 is 3.05. The summed E-state index contributed by atoms with van der Waals surface area (Å²) in [7, 11) is 0. The Balaban J connectivity index is 2.62. The summed E-state index contributed by atoms with van der Waals surface area (Å²) in [5.41, 5.74) is 5.32. The van der Waals surface area contributed by atoms with Crippen molar-refractivity contribution in [3.8, 4) is 0 Å². The van der Waals surface area contributed by atoms with Gasteiger partial charge in [-0.05, 0) is 40.9 Å². The number of amides is 1. The molecule has 7 heteroatoms. The van der Waals surface area contributed by atoms with Crippen LogP contribution < -0.4 is 11.1 Å². The van der Waals surface area contributed by atoms with Crippen molar-refractivity contribution in [1.29, 1.82) is 0 Å². The third-order valence-corrected chi connectivity index (χ3v) is 3.65. The van der Waals surface area contributed by atoms with Gasteiger partial charge < -0.3 is 15.8 Å². The number of anilines is 1. The van der Waals surface area contributed by atoms with Gasteiger partial charge in [-0.3, -0.25) is 4.79 Å². The van der Waals surface area contributed by atoms with Crippen molar-refractivity contribution in [3.05, 3.63) is 28.0 Å². The second-order valence-electron chi connectivity index (χ2n) is 4.51. The predicted octanol–water partition coefficient (Wildman–Crippen LogP) is 2.63. The maximum atomic E-state index is 13.2. The molecule has 0 heterocycles. The number of benzene rings is 1. The van der Waals surface area contributed by atoms with Gasteiger partial charge in [-0.1, -0.05) is 13.8 Å². The molecular weight excluding hydrogens is 343 g/mol. The van der Waals surface area contributed by atoms with Crippen molar-refractivity contribution < 1.29 is 18.7 Å². The molecule has 0 spiro atoms. The van der Waals surface area contributed by atoms with E-state index in [1.807, 2.05) is 13.8 Å². The molecule has 0 aliphatic carbocycles. The summed E-state index contributed by atoms with van der Waals surface area (Å²) in [6.45, 7) is 3.52. The van der Waals surface area contributed by atoms with Gasteiger partial charge >= 0.3 is 5.97 Å². The van der Waals surface area contributed by atoms with Crippen LogP contribution in [-0.2, 0) is 9.53 Å². The van der Waals surface area contributed by atoms with Gasteiger partial charge in [0, 0.05) is 10.5 Å². The number of carbonyl (C=O) groups is 2. The number of hydrogen-bond acceptors (Lipinski definition) is 4. The molecule has 0 unspecified atom stereocenters. The highest BCUT2D eigenvalue weighted by atomic mass is 79.9. The third kappa shape index (κ3) is 5.00. The Morgan fingerprint density at radius 2 is 2.00 bits per heavy atom. The number of rotatable bonds is 6. The maximum Gasteiger partial charge on any atom is 0.339 e. The predicted molar refractivity (Wildman–Crippen MR) is 81.3 cm³/mol. The third-order valence-electron chi connectivity index (χ3n) is 2.99. The van der Waals surface area contributed by atoms with Gasteiger partial charge in [0.1, 0.15) is 5.82 Å². The van der Waals surface area contributed by atoms with Crippen molar-refractivity contribution in [3.63, 3.8) is 0 Å². The summed E-state index contributed by atoms with van der Waals surface area (Å²) in [6.07, 6.45) is 1.60. The number of halogens is 2. The summed E-state index contributed by atoms with van der Waals surface area (Å²) in [5, 5.41) is 2.75. The first-order valence-corrected chi connectivity index (χ1v) is 7.39. The van der Waals surface area contributed by atoms with Gasteiger partial charge in [0.05, 0.1) is 11.3 Å². The minimum absolute atomic E-state index is 0.0596. The van der Waals surface area contributed by atoms with E-state index in [0.717, 1.165) is 18.9 Å². The molecule has 0 aliphatic rings. The van der Waals surface area contributed by atoms with Gasteiger partial charge in [0.2, 0.25) is 0 Å². The van der Waals surface area contributed by atoms with Crippen molar-refractivity contribution in [2.45, 2.75) is 32.7 Å². The number of carbonyl (C=O) groups excluding carboxylic acids is 2. The molecule has 0 saturated carbocycles. The van der Waals surface area contributed by atoms with E-state index < -0.39 is 11.8 Å². The molecule has 0 radical (unpaired) electrons. The molecule has 0 saturated heterocycles. The molecule has 1 aromatic carbocycles. The molecule has 1 amide bonds. The van der Waals surface area contributed by atoms with Crippen LogP contribution in [0.1, 0.15) is 37.0 Å². The van der Waals surface area contributed by atoms with Crippen LogP contribution in [0.3, 0.4) is 0 Å². The van der Waals surface area contributed by atoms with Crippen LogP contribution in [-0.4, -0.2) is 24.5 Å². The lowest BCUT2D eigenvalue weighted by molar-refractivity contribution is -0.125. The minimum atomic E-state index is -0.742. The Bertz CT molecular complexity index is 533. The van der Waals surface area contributed by atoms with Gasteiger partial charge in [0.15, 0.2) is 6.61 Å². The molecule has 1 aromatic rings. The Hall–Kier alpha value is -1.63. The summed E-state index contributed by atoms with van der Waals surface area (Å²) in [5.74, 6) is -1.75. The normalized spacial score (nSPS) is 10.5. The highest BCUT2D eigenvalue weighted by Crippen LogP contribution is 2.23. The van der Waals surface area contributed by atoms with E-state index >= 15 is 0 Å². The Kier molecular flexibility index (Phi) is 6.61. The average molecular weight is 361 g/mol. The van der Waals surface area contributed by atoms with Crippen LogP contribution in [0.2, 0.25) is 0 Å². The maximum absolute atomic E-state index is 13.2. The number of ether oxygens (including phenoxy) is 1. The summed E-state index contributed by atoms with van der Waals surface area (Å²) in [4.78, 5) is 23.5. The van der Waals surface area contributed by atoms with E-state index in [-0.39, 0.29) is 34.3 Å². The second-order valence-corrected chi connectivity index (χ2v) is 5.36. The quantitative estimate of drug-likeness (QED) is 0.603. The van der Waals surface area contributed by atoms with Crippen molar-refractivity contribution in [2.24, 2.45) is 0 Å². The molecule has 0 bridgehead atoms. The van der Waals surface area contributed by atoms with E-state index in [1.54, 1.807) is 0 Å². The van der Waals surface area contributed by atoms with E-state index in [4.69, 9.17) is 10.5 Å². The zero-order valence-electron chi connectivity index (χ0n) is 11.9. The SMILES string of the molecule is CCC(CC)NC(=O)COC(=O)c1cc(N)c(F)cc1Br. The molecular formula is C14H18BrFN2O3. The molecule has 116 valence electrons. The Labute approximate surface area is 131 Å². The Morgan fingerprint density at radius 1 is 1.38 bits per heavy atom. The first-order chi connectivity index (χ1) is 9.88. The largest absolute Gasteiger partial charge is 0.452 e. The molecule has 21 heavy (non-hydrogen) atoms. The fraction of sp³-hybridized carbons (Fsp3) is 0.429. The van der Waals surface area contributed by atoms with Crippen LogP contribution in [0, 0.1) is 5.82 Å². The molecule has 0 atom stereocenters. The fourth-order valence-electron chi connectivity index (χ4n) is 1.69. The number of nitrogens with one attached hydrogen (secondary N) is 1. The van der Waals surface area contributed by atoms with Gasteiger partial charge in [0.25, 0.3) is 5.91 Å². The summed E-state index contributed by atoms with van der Waals surface area (Å²) in [6, 6.07) is 2.31. The van der Waals surface area contributed by atoms with Crippen LogP contribution in [0.25, 0.3) is 0 Å². The zero-order valence-corrected chi connectivity index (χ0v) is 13.5. The number of nitrogens with two attached hydrogens (primary N) is 1. The lowest BCUT2D eigenvalue weighted by Gasteiger charge is -2.14. The molecule has 0 aliphatic heterocycles. The first-order valence-electron chi connectivity index (χ1n) is 6.60. The molecule has 1 rings (SSSR count). The summed E-state index contributed by atoms with van der Waals surface area (Å²) < 4.78 is 18.3. The Morgan fingerprint density at radius 3 is 2.57 bits per heavy atom. The smallest absolute Gasteiger partial charge is 0.339 e. The number of hydrogen-bond donors (Lipinski definition) is 2.